The van der Waals surface area contributed by atoms with E-state index >= 15 is 0 Å². The van der Waals surface area contributed by atoms with Crippen LogP contribution < -0.4 is 0 Å². The maximum Gasteiger partial charge on any atom is 0.0886 e. The van der Waals surface area contributed by atoms with Crippen molar-refractivity contribution in [1.29, 1.82) is 0 Å². The second-order valence-corrected chi connectivity index (χ2v) is 25.1. The molecule has 0 unspecified atom stereocenters. The Morgan fingerprint density at radius 2 is 0.429 bits per heavy atom. The van der Waals surface area contributed by atoms with Gasteiger partial charge in [-0.05, 0) is 180 Å². The van der Waals surface area contributed by atoms with Crippen molar-refractivity contribution in [3.63, 3.8) is 0 Å². The van der Waals surface area contributed by atoms with Crippen molar-refractivity contribution in [3.8, 4) is 123 Å². The van der Waals surface area contributed by atoms with Crippen LogP contribution in [0.25, 0.3) is 188 Å². The summed E-state index contributed by atoms with van der Waals surface area (Å²) in [5.41, 5.74) is 24.4. The van der Waals surface area contributed by atoms with Crippen molar-refractivity contribution in [2.75, 3.05) is 0 Å². The van der Waals surface area contributed by atoms with Gasteiger partial charge in [0.2, 0.25) is 0 Å². The van der Waals surface area contributed by atoms with Gasteiger partial charge in [0.1, 0.15) is 0 Å². The molecular formula is C93H59N5. The molecule has 456 valence electrons. The molecule has 0 aliphatic rings. The lowest BCUT2D eigenvalue weighted by atomic mass is 9.85. The maximum absolute atomic E-state index is 4.83. The predicted octanol–water partition coefficient (Wildman–Crippen LogP) is 24.5. The Hall–Kier alpha value is -13.1. The van der Waals surface area contributed by atoms with E-state index < -0.39 is 0 Å². The molecule has 0 aliphatic heterocycles. The molecule has 19 aromatic rings. The largest absolute Gasteiger partial charge is 0.256 e. The molecule has 0 N–H and O–H groups in total. The van der Waals surface area contributed by atoms with Crippen LogP contribution in [0.15, 0.2) is 359 Å². The molecule has 14 aromatic carbocycles. The molecule has 0 atom stereocenters. The fraction of sp³-hybridized carbons (Fsp3) is 0. The first-order chi connectivity index (χ1) is 48.6. The summed E-state index contributed by atoms with van der Waals surface area (Å²) in [6.45, 7) is 0. The molecule has 5 aromatic heterocycles. The maximum atomic E-state index is 4.83. The fourth-order valence-electron chi connectivity index (χ4n) is 14.4. The van der Waals surface area contributed by atoms with E-state index in [1.54, 1.807) is 6.20 Å². The van der Waals surface area contributed by atoms with Crippen LogP contribution in [0.2, 0.25) is 0 Å². The van der Waals surface area contributed by atoms with Gasteiger partial charge in [0.05, 0.1) is 28.5 Å². The normalized spacial score (nSPS) is 11.5. The average Bonchev–Trinajstić information content (AvgIpc) is 0.730. The van der Waals surface area contributed by atoms with Gasteiger partial charge in [-0.25, -0.2) is 0 Å². The number of hydrogen-bond acceptors (Lipinski definition) is 5. The molecule has 5 heteroatoms. The smallest absolute Gasteiger partial charge is 0.0886 e. The van der Waals surface area contributed by atoms with Gasteiger partial charge in [0.25, 0.3) is 0 Å². The highest BCUT2D eigenvalue weighted by molar-refractivity contribution is 6.29. The Bertz CT molecular complexity index is 5840. The molecule has 0 saturated carbocycles. The molecule has 5 heterocycles. The first kappa shape index (κ1) is 57.6. The Morgan fingerprint density at radius 1 is 0.153 bits per heavy atom. The molecule has 0 amide bonds. The molecule has 0 aliphatic carbocycles. The number of nitrogens with zero attached hydrogens (tertiary/aromatic N) is 5. The van der Waals surface area contributed by atoms with Crippen LogP contribution in [-0.2, 0) is 0 Å². The lowest BCUT2D eigenvalue weighted by molar-refractivity contribution is 1.25. The van der Waals surface area contributed by atoms with Gasteiger partial charge >= 0.3 is 0 Å². The SMILES string of the molecule is c1ccc(-c2ccc(-c3cc(-c4ccc(-c5ccc(-c6ccccn6)nc5)cc4)c4ccc5cccc6ccc3c4c56)cc2)nc1.c1ccc(-c2ccc(-c3ccc(-c4cc(-c5ccc(-c6ccc(-c7ccccc7)cn6)cc5)c5ccc6cccc7ccc4c5c76)cc3)nc2)cc1. The van der Waals surface area contributed by atoms with E-state index in [4.69, 9.17) is 15.0 Å². The van der Waals surface area contributed by atoms with Crippen LogP contribution in [0.1, 0.15) is 0 Å². The monoisotopic (exact) mass is 1250 g/mol. The van der Waals surface area contributed by atoms with E-state index in [-0.39, 0.29) is 0 Å². The fourth-order valence-corrected chi connectivity index (χ4v) is 14.4. The van der Waals surface area contributed by atoms with Crippen LogP contribution in [-0.4, -0.2) is 24.9 Å². The third kappa shape index (κ3) is 10.6. The quantitative estimate of drug-likeness (QED) is 0.121. The highest BCUT2D eigenvalue weighted by Crippen LogP contribution is 2.47. The number of pyridine rings is 5. The Kier molecular flexibility index (Phi) is 14.5. The molecule has 98 heavy (non-hydrogen) atoms. The minimum absolute atomic E-state index is 0.871. The van der Waals surface area contributed by atoms with E-state index in [2.05, 4.69) is 289 Å². The standard InChI is InChI=1S/C50H32N2.C43H27N3/c1-3-8-33(9-4-1)41-24-28-47(51-31-41)37-18-14-35(15-19-37)45-30-46(44-27-23-40-13-7-12-39-22-26-43(45)50(44)49(39)40)36-16-20-38(21-17-36)48-29-25-42(32-52-48)34-10-5-2-6-11-34;1-3-24-44-39(8-1)31-16-14-30(15-17-31)38-26-37(35-21-18-32-6-5-7-33-19-22-36(38)43(35)42(32)33)29-12-10-28(11-13-29)34-20-23-41(46-27-34)40-9-2-4-25-45-40/h1-32H;1-27H. The number of rotatable bonds is 11. The van der Waals surface area contributed by atoms with Crippen LogP contribution in [0.3, 0.4) is 0 Å². The summed E-state index contributed by atoms with van der Waals surface area (Å²) in [6, 6.07) is 117. The number of hydrogen-bond donors (Lipinski definition) is 0. The molecule has 0 radical (unpaired) electrons. The topological polar surface area (TPSA) is 64.5 Å². The van der Waals surface area contributed by atoms with Gasteiger partial charge in [0.15, 0.2) is 0 Å². The van der Waals surface area contributed by atoms with Crippen molar-refractivity contribution in [3.05, 3.63) is 359 Å². The minimum atomic E-state index is 0.871. The molecule has 0 fully saturated rings. The van der Waals surface area contributed by atoms with Gasteiger partial charge in [-0.15, -0.1) is 0 Å². The summed E-state index contributed by atoms with van der Waals surface area (Å²) < 4.78 is 0. The summed E-state index contributed by atoms with van der Waals surface area (Å²) in [6.07, 6.45) is 9.50. The third-order valence-corrected chi connectivity index (χ3v) is 19.4. The third-order valence-electron chi connectivity index (χ3n) is 19.4. The molecular weight excluding hydrogens is 1190 g/mol. The molecule has 0 bridgehead atoms. The van der Waals surface area contributed by atoms with Crippen LogP contribution >= 0.6 is 0 Å². The minimum Gasteiger partial charge on any atom is -0.256 e. The van der Waals surface area contributed by atoms with E-state index in [0.29, 0.717) is 0 Å². The summed E-state index contributed by atoms with van der Waals surface area (Å²) in [5, 5.41) is 15.4. The average molecular weight is 1250 g/mol. The highest BCUT2D eigenvalue weighted by Gasteiger charge is 2.20. The van der Waals surface area contributed by atoms with Crippen molar-refractivity contribution >= 4 is 64.6 Å². The molecule has 0 saturated heterocycles. The van der Waals surface area contributed by atoms with Gasteiger partial charge in [-0.2, -0.15) is 0 Å². The summed E-state index contributed by atoms with van der Waals surface area (Å²) in [4.78, 5) is 23.3. The second-order valence-electron chi connectivity index (χ2n) is 25.1. The van der Waals surface area contributed by atoms with E-state index in [1.165, 1.54) is 120 Å². The lowest BCUT2D eigenvalue weighted by Crippen LogP contribution is -1.92. The summed E-state index contributed by atoms with van der Waals surface area (Å²) in [7, 11) is 0. The van der Waals surface area contributed by atoms with E-state index in [9.17, 15) is 0 Å². The van der Waals surface area contributed by atoms with Gasteiger partial charge < -0.3 is 0 Å². The Morgan fingerprint density at radius 3 is 0.755 bits per heavy atom. The van der Waals surface area contributed by atoms with Gasteiger partial charge in [0, 0.05) is 64.4 Å². The predicted molar refractivity (Wildman–Crippen MR) is 409 cm³/mol. The first-order valence-corrected chi connectivity index (χ1v) is 33.2. The van der Waals surface area contributed by atoms with Crippen LogP contribution in [0, 0.1) is 0 Å². The Labute approximate surface area is 567 Å². The van der Waals surface area contributed by atoms with Crippen LogP contribution in [0.5, 0.6) is 0 Å². The number of benzene rings is 14. The lowest BCUT2D eigenvalue weighted by Gasteiger charge is -2.18. The van der Waals surface area contributed by atoms with Crippen molar-refractivity contribution < 1.29 is 0 Å². The molecule has 5 nitrogen and oxygen atoms in total. The highest BCUT2D eigenvalue weighted by atomic mass is 14.8. The van der Waals surface area contributed by atoms with Crippen molar-refractivity contribution in [1.82, 2.24) is 24.9 Å². The van der Waals surface area contributed by atoms with E-state index in [0.717, 1.165) is 67.4 Å². The Balaban J connectivity index is 0.000000143. The van der Waals surface area contributed by atoms with Crippen LogP contribution in [0.4, 0.5) is 0 Å². The zero-order valence-corrected chi connectivity index (χ0v) is 53.3. The molecule has 19 rings (SSSR count). The zero-order valence-electron chi connectivity index (χ0n) is 53.3. The number of aromatic nitrogens is 5. The van der Waals surface area contributed by atoms with Gasteiger partial charge in [-0.1, -0.05) is 273 Å². The van der Waals surface area contributed by atoms with Crippen molar-refractivity contribution in [2.24, 2.45) is 0 Å². The van der Waals surface area contributed by atoms with Gasteiger partial charge in [-0.3, -0.25) is 24.9 Å². The summed E-state index contributed by atoms with van der Waals surface area (Å²) >= 11 is 0. The zero-order chi connectivity index (χ0) is 64.9. The second kappa shape index (κ2) is 24.7. The van der Waals surface area contributed by atoms with E-state index in [1.807, 2.05) is 73.3 Å². The van der Waals surface area contributed by atoms with Crippen molar-refractivity contribution in [2.45, 2.75) is 0 Å². The first-order valence-electron chi connectivity index (χ1n) is 33.2. The summed E-state index contributed by atoms with van der Waals surface area (Å²) in [5.74, 6) is 0. The molecule has 0 spiro atoms.